The number of aromatic nitrogens is 1. The van der Waals surface area contributed by atoms with E-state index < -0.39 is 5.41 Å². The molecule has 0 radical (unpaired) electrons. The Labute approximate surface area is 184 Å². The van der Waals surface area contributed by atoms with E-state index in [9.17, 15) is 9.59 Å². The summed E-state index contributed by atoms with van der Waals surface area (Å²) in [6.07, 6.45) is 7.15. The Morgan fingerprint density at radius 3 is 2.55 bits per heavy atom. The summed E-state index contributed by atoms with van der Waals surface area (Å²) in [6, 6.07) is 12.3. The molecular formula is C25H31N3O3. The predicted octanol–water partition coefficient (Wildman–Crippen LogP) is 3.22. The highest BCUT2D eigenvalue weighted by Crippen LogP contribution is 2.35. The first-order valence-corrected chi connectivity index (χ1v) is 11.3. The molecule has 0 aliphatic carbocycles. The summed E-state index contributed by atoms with van der Waals surface area (Å²) < 4.78 is 5.62. The summed E-state index contributed by atoms with van der Waals surface area (Å²) in [4.78, 5) is 32.1. The first-order chi connectivity index (χ1) is 15.1. The molecule has 2 aliphatic heterocycles. The van der Waals surface area contributed by atoms with Crippen molar-refractivity contribution in [2.45, 2.75) is 45.1 Å². The van der Waals surface area contributed by atoms with Crippen LogP contribution < -0.4 is 5.32 Å². The van der Waals surface area contributed by atoms with Crippen LogP contribution in [0.1, 0.15) is 38.2 Å². The van der Waals surface area contributed by atoms with Gasteiger partial charge in [-0.05, 0) is 67.9 Å². The molecule has 0 bridgehead atoms. The minimum atomic E-state index is -0.610. The highest BCUT2D eigenvalue weighted by molar-refractivity contribution is 5.86. The summed E-state index contributed by atoms with van der Waals surface area (Å²) in [5.41, 5.74) is 2.74. The van der Waals surface area contributed by atoms with E-state index in [1.165, 1.54) is 0 Å². The second-order valence-corrected chi connectivity index (χ2v) is 8.61. The van der Waals surface area contributed by atoms with Crippen molar-refractivity contribution in [3.8, 4) is 11.1 Å². The van der Waals surface area contributed by atoms with E-state index in [0.717, 1.165) is 42.4 Å². The molecule has 2 atom stereocenters. The molecule has 2 aromatic rings. The zero-order valence-corrected chi connectivity index (χ0v) is 18.2. The van der Waals surface area contributed by atoms with E-state index in [4.69, 9.17) is 4.74 Å². The minimum Gasteiger partial charge on any atom is -0.368 e. The third-order valence-corrected chi connectivity index (χ3v) is 6.42. The summed E-state index contributed by atoms with van der Waals surface area (Å²) >= 11 is 0. The molecule has 3 heterocycles. The van der Waals surface area contributed by atoms with Gasteiger partial charge in [0, 0.05) is 38.6 Å². The molecule has 6 heteroatoms. The van der Waals surface area contributed by atoms with Gasteiger partial charge in [-0.1, -0.05) is 24.3 Å². The maximum Gasteiger partial charge on any atom is 0.251 e. The molecule has 2 aliphatic rings. The number of ether oxygens (including phenoxy) is 1. The normalized spacial score (nSPS) is 23.5. The number of benzene rings is 1. The summed E-state index contributed by atoms with van der Waals surface area (Å²) in [5, 5.41) is 3.03. The SMILES string of the molecule is CCNC(=O)[C@]1(Cc2ccc(-c3ccncc3)cc2)CCCN(C(=O)[C@@H]2CCCO2)C1. The molecule has 2 amide bonds. The van der Waals surface area contributed by atoms with Crippen molar-refractivity contribution in [1.29, 1.82) is 0 Å². The molecule has 4 rings (SSSR count). The van der Waals surface area contributed by atoms with Crippen LogP contribution in [0.15, 0.2) is 48.8 Å². The van der Waals surface area contributed by atoms with Crippen LogP contribution in [-0.4, -0.2) is 54.0 Å². The topological polar surface area (TPSA) is 71.5 Å². The monoisotopic (exact) mass is 421 g/mol. The van der Waals surface area contributed by atoms with E-state index in [2.05, 4.69) is 34.6 Å². The number of rotatable bonds is 6. The molecule has 2 fully saturated rings. The van der Waals surface area contributed by atoms with Gasteiger partial charge in [0.25, 0.3) is 5.91 Å². The van der Waals surface area contributed by atoms with Gasteiger partial charge in [0.2, 0.25) is 5.91 Å². The number of hydrogen-bond donors (Lipinski definition) is 1. The fourth-order valence-corrected chi connectivity index (χ4v) is 4.80. The number of piperidine rings is 1. The lowest BCUT2D eigenvalue weighted by atomic mass is 9.74. The lowest BCUT2D eigenvalue weighted by Gasteiger charge is -2.42. The van der Waals surface area contributed by atoms with E-state index in [0.29, 0.717) is 32.7 Å². The van der Waals surface area contributed by atoms with Gasteiger partial charge in [0.15, 0.2) is 0 Å². The number of likely N-dealkylation sites (tertiary alicyclic amines) is 1. The molecule has 1 aromatic carbocycles. The van der Waals surface area contributed by atoms with Crippen LogP contribution in [-0.2, 0) is 20.7 Å². The number of nitrogens with one attached hydrogen (secondary N) is 1. The molecule has 0 saturated carbocycles. The van der Waals surface area contributed by atoms with Crippen LogP contribution >= 0.6 is 0 Å². The molecule has 1 aromatic heterocycles. The first-order valence-electron chi connectivity index (χ1n) is 11.3. The second kappa shape index (κ2) is 9.60. The third-order valence-electron chi connectivity index (χ3n) is 6.42. The van der Waals surface area contributed by atoms with Crippen molar-refractivity contribution in [3.63, 3.8) is 0 Å². The van der Waals surface area contributed by atoms with Crippen molar-refractivity contribution in [2.75, 3.05) is 26.2 Å². The van der Waals surface area contributed by atoms with Gasteiger partial charge in [0.05, 0.1) is 5.41 Å². The molecule has 1 N–H and O–H groups in total. The van der Waals surface area contributed by atoms with Crippen molar-refractivity contribution in [2.24, 2.45) is 5.41 Å². The summed E-state index contributed by atoms with van der Waals surface area (Å²) in [6.45, 7) is 4.31. The zero-order valence-electron chi connectivity index (χ0n) is 18.2. The van der Waals surface area contributed by atoms with Gasteiger partial charge < -0.3 is 15.0 Å². The standard InChI is InChI=1S/C25H31N3O3/c1-2-27-24(30)25(12-4-15-28(18-25)23(29)22-5-3-16-31-22)17-19-6-8-20(9-7-19)21-10-13-26-14-11-21/h6-11,13-14,22H,2-5,12,15-18H2,1H3,(H,27,30)/t22-,25-/m0/s1. The average molecular weight is 422 g/mol. The fraction of sp³-hybridized carbons (Fsp3) is 0.480. The predicted molar refractivity (Wildman–Crippen MR) is 119 cm³/mol. The lowest BCUT2D eigenvalue weighted by Crippen LogP contribution is -2.56. The Kier molecular flexibility index (Phi) is 6.66. The largest absolute Gasteiger partial charge is 0.368 e. The number of pyridine rings is 1. The number of carbonyl (C=O) groups is 2. The van der Waals surface area contributed by atoms with Crippen LogP contribution in [0, 0.1) is 5.41 Å². The number of amides is 2. The molecule has 164 valence electrons. The molecule has 6 nitrogen and oxygen atoms in total. The van der Waals surface area contributed by atoms with Crippen LogP contribution in [0.5, 0.6) is 0 Å². The molecule has 31 heavy (non-hydrogen) atoms. The second-order valence-electron chi connectivity index (χ2n) is 8.61. The van der Waals surface area contributed by atoms with E-state index in [1.807, 2.05) is 24.0 Å². The Balaban J connectivity index is 1.54. The van der Waals surface area contributed by atoms with Crippen LogP contribution in [0.4, 0.5) is 0 Å². The highest BCUT2D eigenvalue weighted by Gasteiger charge is 2.44. The quantitative estimate of drug-likeness (QED) is 0.777. The van der Waals surface area contributed by atoms with Crippen LogP contribution in [0.25, 0.3) is 11.1 Å². The van der Waals surface area contributed by atoms with Gasteiger partial charge in [-0.3, -0.25) is 14.6 Å². The third kappa shape index (κ3) is 4.79. The maximum absolute atomic E-state index is 13.2. The molecule has 0 unspecified atom stereocenters. The Hall–Kier alpha value is -2.73. The number of carbonyl (C=O) groups excluding carboxylic acids is 2. The maximum atomic E-state index is 13.2. The lowest BCUT2D eigenvalue weighted by molar-refractivity contribution is -0.148. The van der Waals surface area contributed by atoms with Gasteiger partial charge >= 0.3 is 0 Å². The van der Waals surface area contributed by atoms with E-state index in [-0.39, 0.29) is 17.9 Å². The first kappa shape index (κ1) is 21.5. The van der Waals surface area contributed by atoms with E-state index in [1.54, 1.807) is 12.4 Å². The van der Waals surface area contributed by atoms with E-state index >= 15 is 0 Å². The fourth-order valence-electron chi connectivity index (χ4n) is 4.80. The van der Waals surface area contributed by atoms with Crippen LogP contribution in [0.2, 0.25) is 0 Å². The average Bonchev–Trinajstić information content (AvgIpc) is 3.35. The summed E-state index contributed by atoms with van der Waals surface area (Å²) in [7, 11) is 0. The number of nitrogens with zero attached hydrogens (tertiary/aromatic N) is 2. The Morgan fingerprint density at radius 2 is 1.87 bits per heavy atom. The molecular weight excluding hydrogens is 390 g/mol. The zero-order chi connectivity index (χ0) is 21.7. The van der Waals surface area contributed by atoms with Crippen molar-refractivity contribution >= 4 is 11.8 Å². The van der Waals surface area contributed by atoms with Gasteiger partial charge in [0.1, 0.15) is 6.10 Å². The Bertz CT molecular complexity index is 894. The van der Waals surface area contributed by atoms with Crippen molar-refractivity contribution in [3.05, 3.63) is 54.4 Å². The highest BCUT2D eigenvalue weighted by atomic mass is 16.5. The number of hydrogen-bond acceptors (Lipinski definition) is 4. The minimum absolute atomic E-state index is 0.0399. The van der Waals surface area contributed by atoms with Gasteiger partial charge in [-0.25, -0.2) is 0 Å². The summed E-state index contributed by atoms with van der Waals surface area (Å²) in [5.74, 6) is 0.0805. The smallest absolute Gasteiger partial charge is 0.251 e. The van der Waals surface area contributed by atoms with Crippen molar-refractivity contribution < 1.29 is 14.3 Å². The van der Waals surface area contributed by atoms with Crippen LogP contribution in [0.3, 0.4) is 0 Å². The van der Waals surface area contributed by atoms with Gasteiger partial charge in [-0.2, -0.15) is 0 Å². The Morgan fingerprint density at radius 1 is 1.13 bits per heavy atom. The van der Waals surface area contributed by atoms with Crippen molar-refractivity contribution in [1.82, 2.24) is 15.2 Å². The molecule has 2 saturated heterocycles. The van der Waals surface area contributed by atoms with Gasteiger partial charge in [-0.15, -0.1) is 0 Å². The molecule has 0 spiro atoms.